The second-order valence-electron chi connectivity index (χ2n) is 4.21. The number of phenols is 1. The van der Waals surface area contributed by atoms with Crippen molar-refractivity contribution in [1.82, 2.24) is 5.43 Å². The molecule has 0 fully saturated rings. The standard InChI is InChI=1S/C15H9ClFN3O2/c16-11-2-4-14(21)10(6-11)8-19-20-15(22)12-3-1-9(7-18)5-13(12)17/h1-6,8,21H,(H,20,22)/b19-8-. The van der Waals surface area contributed by atoms with Gasteiger partial charge in [0.2, 0.25) is 0 Å². The van der Waals surface area contributed by atoms with Crippen LogP contribution in [0.3, 0.4) is 0 Å². The summed E-state index contributed by atoms with van der Waals surface area (Å²) >= 11 is 5.77. The molecule has 0 heterocycles. The molecule has 2 aromatic carbocycles. The van der Waals surface area contributed by atoms with Gasteiger partial charge in [-0.15, -0.1) is 0 Å². The third-order valence-corrected chi connectivity index (χ3v) is 2.94. The van der Waals surface area contributed by atoms with Crippen molar-refractivity contribution in [2.75, 3.05) is 0 Å². The van der Waals surface area contributed by atoms with Crippen LogP contribution >= 0.6 is 11.6 Å². The Morgan fingerprint density at radius 3 is 2.82 bits per heavy atom. The van der Waals surface area contributed by atoms with E-state index in [1.807, 2.05) is 0 Å². The number of nitriles is 1. The van der Waals surface area contributed by atoms with Crippen LogP contribution in [0, 0.1) is 17.1 Å². The van der Waals surface area contributed by atoms with Gasteiger partial charge >= 0.3 is 0 Å². The number of nitrogens with one attached hydrogen (secondary N) is 1. The third-order valence-electron chi connectivity index (χ3n) is 2.70. The molecule has 0 aromatic heterocycles. The van der Waals surface area contributed by atoms with E-state index in [1.165, 1.54) is 36.5 Å². The number of rotatable bonds is 3. The van der Waals surface area contributed by atoms with Crippen LogP contribution in [0.4, 0.5) is 4.39 Å². The number of halogens is 2. The fourth-order valence-electron chi connectivity index (χ4n) is 1.62. The monoisotopic (exact) mass is 317 g/mol. The maximum absolute atomic E-state index is 13.6. The Morgan fingerprint density at radius 2 is 2.14 bits per heavy atom. The summed E-state index contributed by atoms with van der Waals surface area (Å²) in [5, 5.41) is 22.2. The molecule has 2 N–H and O–H groups in total. The summed E-state index contributed by atoms with van der Waals surface area (Å²) in [5.41, 5.74) is 2.29. The van der Waals surface area contributed by atoms with E-state index < -0.39 is 11.7 Å². The van der Waals surface area contributed by atoms with Gasteiger partial charge in [0.25, 0.3) is 5.91 Å². The van der Waals surface area contributed by atoms with Crippen molar-refractivity contribution < 1.29 is 14.3 Å². The van der Waals surface area contributed by atoms with E-state index in [4.69, 9.17) is 16.9 Å². The molecule has 5 nitrogen and oxygen atoms in total. The molecule has 0 unspecified atom stereocenters. The number of carbonyl (C=O) groups excluding carboxylic acids is 1. The van der Waals surface area contributed by atoms with E-state index >= 15 is 0 Å². The molecule has 0 aliphatic rings. The molecule has 0 atom stereocenters. The topological polar surface area (TPSA) is 85.5 Å². The SMILES string of the molecule is N#Cc1ccc(C(=O)N/N=C\c2cc(Cl)ccc2O)c(F)c1. The summed E-state index contributed by atoms with van der Waals surface area (Å²) < 4.78 is 13.6. The second-order valence-corrected chi connectivity index (χ2v) is 4.65. The summed E-state index contributed by atoms with van der Waals surface area (Å²) in [7, 11) is 0. The lowest BCUT2D eigenvalue weighted by atomic mass is 10.1. The van der Waals surface area contributed by atoms with Gasteiger partial charge in [-0.1, -0.05) is 11.6 Å². The van der Waals surface area contributed by atoms with Crippen molar-refractivity contribution in [2.45, 2.75) is 0 Å². The summed E-state index contributed by atoms with van der Waals surface area (Å²) in [5.74, 6) is -1.66. The molecule has 0 saturated heterocycles. The lowest BCUT2D eigenvalue weighted by molar-refractivity contribution is 0.0951. The summed E-state index contributed by atoms with van der Waals surface area (Å²) in [6.07, 6.45) is 1.18. The molecule has 22 heavy (non-hydrogen) atoms. The zero-order valence-corrected chi connectivity index (χ0v) is 11.8. The molecule has 1 amide bonds. The van der Waals surface area contributed by atoms with E-state index in [0.717, 1.165) is 6.07 Å². The first-order valence-electron chi connectivity index (χ1n) is 6.03. The predicted molar refractivity (Wildman–Crippen MR) is 79.3 cm³/mol. The first-order valence-corrected chi connectivity index (χ1v) is 6.40. The number of hydrogen-bond donors (Lipinski definition) is 2. The highest BCUT2D eigenvalue weighted by atomic mass is 35.5. The van der Waals surface area contributed by atoms with Gasteiger partial charge in [-0.3, -0.25) is 4.79 Å². The minimum atomic E-state index is -0.822. The minimum Gasteiger partial charge on any atom is -0.507 e. The van der Waals surface area contributed by atoms with Crippen LogP contribution in [0.25, 0.3) is 0 Å². The zero-order chi connectivity index (χ0) is 16.1. The first-order chi connectivity index (χ1) is 10.5. The van der Waals surface area contributed by atoms with Crippen LogP contribution in [0.5, 0.6) is 5.75 Å². The zero-order valence-electron chi connectivity index (χ0n) is 11.0. The molecule has 0 spiro atoms. The van der Waals surface area contributed by atoms with Crippen molar-refractivity contribution in [3.63, 3.8) is 0 Å². The fraction of sp³-hybridized carbons (Fsp3) is 0. The lowest BCUT2D eigenvalue weighted by Gasteiger charge is -2.02. The molecule has 7 heteroatoms. The largest absolute Gasteiger partial charge is 0.507 e. The molecule has 0 aliphatic heterocycles. The molecule has 0 saturated carbocycles. The molecule has 2 aromatic rings. The van der Waals surface area contributed by atoms with Gasteiger partial charge in [-0.25, -0.2) is 9.82 Å². The fourth-order valence-corrected chi connectivity index (χ4v) is 1.80. The third kappa shape index (κ3) is 3.59. The van der Waals surface area contributed by atoms with Crippen molar-refractivity contribution in [3.05, 3.63) is 63.9 Å². The van der Waals surface area contributed by atoms with Crippen LogP contribution in [0.2, 0.25) is 5.02 Å². The van der Waals surface area contributed by atoms with E-state index in [1.54, 1.807) is 6.07 Å². The van der Waals surface area contributed by atoms with Gasteiger partial charge in [0.15, 0.2) is 0 Å². The second kappa shape index (κ2) is 6.70. The number of phenolic OH excluding ortho intramolecular Hbond substituents is 1. The number of hydrazone groups is 1. The average Bonchev–Trinajstić information content (AvgIpc) is 2.50. The van der Waals surface area contributed by atoms with Crippen LogP contribution in [0.1, 0.15) is 21.5 Å². The maximum Gasteiger partial charge on any atom is 0.274 e. The molecule has 0 bridgehead atoms. The number of amides is 1. The normalized spacial score (nSPS) is 10.4. The highest BCUT2D eigenvalue weighted by molar-refractivity contribution is 6.30. The quantitative estimate of drug-likeness (QED) is 0.674. The number of benzene rings is 2. The lowest BCUT2D eigenvalue weighted by Crippen LogP contribution is -2.19. The first kappa shape index (κ1) is 15.5. The van der Waals surface area contributed by atoms with Crippen LogP contribution in [-0.4, -0.2) is 17.2 Å². The van der Waals surface area contributed by atoms with E-state index in [9.17, 15) is 14.3 Å². The summed E-state index contributed by atoms with van der Waals surface area (Å²) in [4.78, 5) is 11.8. The molecule has 2 rings (SSSR count). The van der Waals surface area contributed by atoms with Crippen molar-refractivity contribution in [3.8, 4) is 11.8 Å². The molecule has 0 radical (unpaired) electrons. The Balaban J connectivity index is 2.11. The van der Waals surface area contributed by atoms with E-state index in [-0.39, 0.29) is 16.9 Å². The summed E-state index contributed by atoms with van der Waals surface area (Å²) in [6, 6.07) is 9.58. The van der Waals surface area contributed by atoms with Gasteiger partial charge in [-0.05, 0) is 36.4 Å². The molecule has 0 aliphatic carbocycles. The molecular weight excluding hydrogens is 309 g/mol. The number of carbonyl (C=O) groups is 1. The highest BCUT2D eigenvalue weighted by Gasteiger charge is 2.11. The number of nitrogens with zero attached hydrogens (tertiary/aromatic N) is 2. The van der Waals surface area contributed by atoms with Gasteiger partial charge in [-0.2, -0.15) is 10.4 Å². The Morgan fingerprint density at radius 1 is 1.36 bits per heavy atom. The Kier molecular flexibility index (Phi) is 4.71. The van der Waals surface area contributed by atoms with E-state index in [0.29, 0.717) is 10.6 Å². The van der Waals surface area contributed by atoms with Gasteiger partial charge < -0.3 is 5.11 Å². The van der Waals surface area contributed by atoms with E-state index in [2.05, 4.69) is 10.5 Å². The van der Waals surface area contributed by atoms with Crippen LogP contribution < -0.4 is 5.43 Å². The Labute approximate surface area is 130 Å². The average molecular weight is 318 g/mol. The number of hydrogen-bond acceptors (Lipinski definition) is 4. The van der Waals surface area contributed by atoms with Gasteiger partial charge in [0.1, 0.15) is 11.6 Å². The van der Waals surface area contributed by atoms with Crippen molar-refractivity contribution in [2.24, 2.45) is 5.10 Å². The highest BCUT2D eigenvalue weighted by Crippen LogP contribution is 2.19. The maximum atomic E-state index is 13.6. The van der Waals surface area contributed by atoms with Gasteiger partial charge in [0.05, 0.1) is 23.4 Å². The smallest absolute Gasteiger partial charge is 0.274 e. The number of aromatic hydroxyl groups is 1. The molecule has 110 valence electrons. The predicted octanol–water partition coefficient (Wildman–Crippen LogP) is 2.82. The van der Waals surface area contributed by atoms with Crippen molar-refractivity contribution >= 4 is 23.7 Å². The van der Waals surface area contributed by atoms with Gasteiger partial charge in [0, 0.05) is 10.6 Å². The molecular formula is C15H9ClFN3O2. The summed E-state index contributed by atoms with van der Waals surface area (Å²) in [6.45, 7) is 0. The van der Waals surface area contributed by atoms with Crippen LogP contribution in [-0.2, 0) is 0 Å². The van der Waals surface area contributed by atoms with Crippen LogP contribution in [0.15, 0.2) is 41.5 Å². The Hall–Kier alpha value is -2.91. The minimum absolute atomic E-state index is 0.0630. The Bertz CT molecular complexity index is 800. The van der Waals surface area contributed by atoms with Crippen molar-refractivity contribution in [1.29, 1.82) is 5.26 Å².